The third-order valence-electron chi connectivity index (χ3n) is 5.62. The van der Waals surface area contributed by atoms with Crippen molar-refractivity contribution in [1.29, 1.82) is 0 Å². The zero-order valence-electron chi connectivity index (χ0n) is 14.1. The Morgan fingerprint density at radius 2 is 1.91 bits per heavy atom. The monoisotopic (exact) mass is 302 g/mol. The molecular formula is C19H30N2O. The van der Waals surface area contributed by atoms with Gasteiger partial charge in [-0.3, -0.25) is 0 Å². The molecule has 2 heterocycles. The van der Waals surface area contributed by atoms with Crippen molar-refractivity contribution in [1.82, 2.24) is 9.80 Å². The lowest BCUT2D eigenvalue weighted by molar-refractivity contribution is 0.0173. The Morgan fingerprint density at radius 1 is 1.18 bits per heavy atom. The van der Waals surface area contributed by atoms with E-state index in [-0.39, 0.29) is 0 Å². The first-order chi connectivity index (χ1) is 10.7. The Morgan fingerprint density at radius 3 is 2.59 bits per heavy atom. The molecule has 2 aliphatic heterocycles. The highest BCUT2D eigenvalue weighted by molar-refractivity contribution is 5.21. The van der Waals surface area contributed by atoms with Crippen molar-refractivity contribution in [3.8, 4) is 0 Å². The predicted octanol–water partition coefficient (Wildman–Crippen LogP) is 2.83. The average Bonchev–Trinajstić information content (AvgIpc) is 2.55. The zero-order chi connectivity index (χ0) is 15.4. The van der Waals surface area contributed by atoms with Gasteiger partial charge >= 0.3 is 0 Å². The summed E-state index contributed by atoms with van der Waals surface area (Å²) in [6.07, 6.45) is 4.04. The molecular weight excluding hydrogens is 272 g/mol. The van der Waals surface area contributed by atoms with Gasteiger partial charge in [-0.25, -0.2) is 0 Å². The molecule has 1 aromatic rings. The number of likely N-dealkylation sites (N-methyl/N-ethyl adjacent to an activating group) is 1. The van der Waals surface area contributed by atoms with Gasteiger partial charge < -0.3 is 14.5 Å². The summed E-state index contributed by atoms with van der Waals surface area (Å²) in [5, 5.41) is 0. The molecule has 1 atom stereocenters. The molecule has 0 aromatic heterocycles. The topological polar surface area (TPSA) is 15.7 Å². The molecule has 122 valence electrons. The van der Waals surface area contributed by atoms with E-state index in [1.807, 2.05) is 0 Å². The number of likely N-dealkylation sites (tertiary alicyclic amines) is 2. The molecule has 0 bridgehead atoms. The molecule has 1 spiro atoms. The lowest BCUT2D eigenvalue weighted by Gasteiger charge is -2.49. The maximum Gasteiger partial charge on any atom is 0.0589 e. The minimum atomic E-state index is 0.525. The Kier molecular flexibility index (Phi) is 5.17. The Labute approximate surface area is 135 Å². The summed E-state index contributed by atoms with van der Waals surface area (Å²) in [5.41, 5.74) is 2.05. The third kappa shape index (κ3) is 3.70. The molecule has 0 unspecified atom stereocenters. The number of methoxy groups -OCH3 is 1. The number of hydrogen-bond acceptors (Lipinski definition) is 3. The van der Waals surface area contributed by atoms with Gasteiger partial charge in [0.25, 0.3) is 0 Å². The lowest BCUT2D eigenvalue weighted by atomic mass is 9.68. The summed E-state index contributed by atoms with van der Waals surface area (Å²) in [6.45, 7) is 6.90. The first-order valence-electron chi connectivity index (χ1n) is 8.66. The molecule has 2 aliphatic rings. The van der Waals surface area contributed by atoms with Crippen LogP contribution in [0, 0.1) is 5.41 Å². The minimum Gasteiger partial charge on any atom is -0.383 e. The second kappa shape index (κ2) is 7.12. The molecule has 3 rings (SSSR count). The highest BCUT2D eigenvalue weighted by atomic mass is 16.5. The van der Waals surface area contributed by atoms with Crippen LogP contribution in [0.1, 0.15) is 30.7 Å². The van der Waals surface area contributed by atoms with Crippen LogP contribution in [0.25, 0.3) is 0 Å². The fraction of sp³-hybridized carbons (Fsp3) is 0.684. The van der Waals surface area contributed by atoms with Crippen LogP contribution in [0.4, 0.5) is 0 Å². The zero-order valence-corrected chi connectivity index (χ0v) is 14.1. The summed E-state index contributed by atoms with van der Waals surface area (Å²) < 4.78 is 5.22. The van der Waals surface area contributed by atoms with Crippen LogP contribution in [0.2, 0.25) is 0 Å². The van der Waals surface area contributed by atoms with E-state index in [0.29, 0.717) is 11.3 Å². The first-order valence-corrected chi connectivity index (χ1v) is 8.66. The van der Waals surface area contributed by atoms with Gasteiger partial charge in [0.15, 0.2) is 0 Å². The number of piperidine rings is 2. The van der Waals surface area contributed by atoms with Crippen molar-refractivity contribution in [2.24, 2.45) is 5.41 Å². The van der Waals surface area contributed by atoms with Gasteiger partial charge in [0.1, 0.15) is 0 Å². The largest absolute Gasteiger partial charge is 0.383 e. The van der Waals surface area contributed by atoms with Crippen LogP contribution < -0.4 is 0 Å². The number of hydrogen-bond donors (Lipinski definition) is 0. The van der Waals surface area contributed by atoms with Gasteiger partial charge in [0.2, 0.25) is 0 Å². The summed E-state index contributed by atoms with van der Waals surface area (Å²) in [5.74, 6) is 0.700. The molecule has 22 heavy (non-hydrogen) atoms. The maximum absolute atomic E-state index is 5.22. The van der Waals surface area contributed by atoms with Crippen molar-refractivity contribution in [2.75, 3.05) is 53.5 Å². The van der Waals surface area contributed by atoms with E-state index in [9.17, 15) is 0 Å². The predicted molar refractivity (Wildman–Crippen MR) is 91.3 cm³/mol. The summed E-state index contributed by atoms with van der Waals surface area (Å²) in [6, 6.07) is 11.1. The highest BCUT2D eigenvalue weighted by Crippen LogP contribution is 2.44. The summed E-state index contributed by atoms with van der Waals surface area (Å²) in [4.78, 5) is 5.13. The van der Waals surface area contributed by atoms with Crippen LogP contribution in [0.3, 0.4) is 0 Å². The number of benzene rings is 1. The fourth-order valence-electron chi connectivity index (χ4n) is 4.45. The van der Waals surface area contributed by atoms with Crippen LogP contribution in [0.5, 0.6) is 0 Å². The molecule has 0 saturated carbocycles. The van der Waals surface area contributed by atoms with Gasteiger partial charge in [-0.15, -0.1) is 0 Å². The van der Waals surface area contributed by atoms with E-state index in [1.165, 1.54) is 51.0 Å². The molecule has 0 amide bonds. The summed E-state index contributed by atoms with van der Waals surface area (Å²) in [7, 11) is 4.10. The molecule has 3 nitrogen and oxygen atoms in total. The third-order valence-corrected chi connectivity index (χ3v) is 5.62. The van der Waals surface area contributed by atoms with E-state index in [0.717, 1.165) is 13.2 Å². The van der Waals surface area contributed by atoms with E-state index in [4.69, 9.17) is 4.74 Å². The van der Waals surface area contributed by atoms with Gasteiger partial charge in [-0.1, -0.05) is 30.3 Å². The van der Waals surface area contributed by atoms with Crippen LogP contribution in [0.15, 0.2) is 30.3 Å². The molecule has 1 aromatic carbocycles. The van der Waals surface area contributed by atoms with Crippen molar-refractivity contribution < 1.29 is 4.74 Å². The van der Waals surface area contributed by atoms with E-state index in [2.05, 4.69) is 47.2 Å². The van der Waals surface area contributed by atoms with Crippen molar-refractivity contribution in [3.63, 3.8) is 0 Å². The van der Waals surface area contributed by atoms with Gasteiger partial charge in [-0.05, 0) is 56.3 Å². The van der Waals surface area contributed by atoms with Crippen LogP contribution in [-0.4, -0.2) is 63.3 Å². The SMILES string of the molecule is COCCN1CCC2(CC1)C[C@@H](c1ccccc1)CN(C)C2. The maximum atomic E-state index is 5.22. The fourth-order valence-corrected chi connectivity index (χ4v) is 4.45. The Balaban J connectivity index is 1.64. The van der Waals surface area contributed by atoms with Crippen molar-refractivity contribution in [2.45, 2.75) is 25.2 Å². The van der Waals surface area contributed by atoms with Crippen molar-refractivity contribution in [3.05, 3.63) is 35.9 Å². The van der Waals surface area contributed by atoms with Gasteiger partial charge in [0, 0.05) is 26.7 Å². The molecule has 2 fully saturated rings. The second-order valence-corrected chi connectivity index (χ2v) is 7.34. The van der Waals surface area contributed by atoms with Crippen LogP contribution in [-0.2, 0) is 4.74 Å². The smallest absolute Gasteiger partial charge is 0.0589 e. The van der Waals surface area contributed by atoms with Crippen LogP contribution >= 0.6 is 0 Å². The molecule has 0 N–H and O–H groups in total. The van der Waals surface area contributed by atoms with E-state index >= 15 is 0 Å². The number of rotatable bonds is 4. The quantitative estimate of drug-likeness (QED) is 0.850. The van der Waals surface area contributed by atoms with E-state index in [1.54, 1.807) is 7.11 Å². The lowest BCUT2D eigenvalue weighted by Crippen LogP contribution is -2.50. The Hall–Kier alpha value is -0.900. The second-order valence-electron chi connectivity index (χ2n) is 7.34. The van der Waals surface area contributed by atoms with Crippen molar-refractivity contribution >= 4 is 0 Å². The van der Waals surface area contributed by atoms with E-state index < -0.39 is 0 Å². The highest BCUT2D eigenvalue weighted by Gasteiger charge is 2.41. The molecule has 0 aliphatic carbocycles. The average molecular weight is 302 g/mol. The minimum absolute atomic E-state index is 0.525. The first kappa shape index (κ1) is 16.0. The molecule has 2 saturated heterocycles. The molecule has 3 heteroatoms. The number of nitrogens with zero attached hydrogens (tertiary/aromatic N) is 2. The normalized spacial score (nSPS) is 26.4. The van der Waals surface area contributed by atoms with Gasteiger partial charge in [-0.2, -0.15) is 0 Å². The number of ether oxygens (including phenoxy) is 1. The molecule has 0 radical (unpaired) electrons. The Bertz CT molecular complexity index is 454. The van der Waals surface area contributed by atoms with Gasteiger partial charge in [0.05, 0.1) is 6.61 Å². The standard InChI is InChI=1S/C19H30N2O/c1-20-15-18(17-6-4-3-5-7-17)14-19(16-20)8-10-21(11-9-19)12-13-22-2/h3-7,18H,8-16H2,1-2H3/t18-/m1/s1. The summed E-state index contributed by atoms with van der Waals surface area (Å²) >= 11 is 0.